The number of aliphatic hydroxyl groups is 1. The number of nitrogens with zero attached hydrogens (tertiary/aromatic N) is 1. The summed E-state index contributed by atoms with van der Waals surface area (Å²) in [6.07, 6.45) is 1.76. The van der Waals surface area contributed by atoms with Gasteiger partial charge >= 0.3 is 0 Å². The van der Waals surface area contributed by atoms with Gasteiger partial charge in [0, 0.05) is 4.47 Å². The van der Waals surface area contributed by atoms with Crippen LogP contribution in [0, 0.1) is 0 Å². The summed E-state index contributed by atoms with van der Waals surface area (Å²) in [5.74, 6) is -1.01. The van der Waals surface area contributed by atoms with Crippen molar-refractivity contribution in [2.75, 3.05) is 4.90 Å². The predicted octanol–water partition coefficient (Wildman–Crippen LogP) is 1.89. The molecule has 0 radical (unpaired) electrons. The van der Waals surface area contributed by atoms with E-state index in [1.54, 1.807) is 18.2 Å². The summed E-state index contributed by atoms with van der Waals surface area (Å²) in [4.78, 5) is 25.5. The summed E-state index contributed by atoms with van der Waals surface area (Å²) in [7, 11) is 0. The molecule has 1 fully saturated rings. The van der Waals surface area contributed by atoms with E-state index in [0.717, 1.165) is 17.3 Å². The Bertz CT molecular complexity index is 543. The molecule has 1 saturated carbocycles. The minimum atomic E-state index is -0.542. The molecule has 1 amide bonds. The highest BCUT2D eigenvalue weighted by molar-refractivity contribution is 9.10. The summed E-state index contributed by atoms with van der Waals surface area (Å²) in [6.45, 7) is 0. The van der Waals surface area contributed by atoms with Gasteiger partial charge in [-0.25, -0.2) is 0 Å². The fourth-order valence-electron chi connectivity index (χ4n) is 2.81. The molecule has 0 bridgehead atoms. The summed E-state index contributed by atoms with van der Waals surface area (Å²) >= 11 is 3.38. The van der Waals surface area contributed by atoms with Crippen LogP contribution in [0.15, 0.2) is 22.7 Å². The first-order chi connectivity index (χ1) is 8.61. The molecule has 1 aromatic carbocycles. The molecule has 4 nitrogen and oxygen atoms in total. The van der Waals surface area contributed by atoms with Crippen molar-refractivity contribution in [1.29, 1.82) is 0 Å². The predicted molar refractivity (Wildman–Crippen MR) is 69.6 cm³/mol. The molecule has 3 rings (SSSR count). The van der Waals surface area contributed by atoms with Crippen LogP contribution in [0.4, 0.5) is 5.69 Å². The molecule has 5 heteroatoms. The van der Waals surface area contributed by atoms with Crippen LogP contribution in [0.2, 0.25) is 0 Å². The summed E-state index contributed by atoms with van der Waals surface area (Å²) in [5, 5.41) is 9.95. The van der Waals surface area contributed by atoms with Crippen molar-refractivity contribution < 1.29 is 14.7 Å². The largest absolute Gasteiger partial charge is 0.391 e. The Morgan fingerprint density at radius 3 is 2.72 bits per heavy atom. The number of Topliss-reactive ketones (excluding diaryl/α,β-unsaturated/α-hetero) is 1. The minimum Gasteiger partial charge on any atom is -0.391 e. The molecule has 0 saturated heterocycles. The Kier molecular flexibility index (Phi) is 2.75. The second-order valence-electron chi connectivity index (χ2n) is 4.71. The van der Waals surface area contributed by atoms with E-state index in [0.29, 0.717) is 17.7 Å². The molecule has 1 aliphatic heterocycles. The fraction of sp³-hybridized carbons (Fsp3) is 0.385. The van der Waals surface area contributed by atoms with E-state index in [4.69, 9.17) is 0 Å². The van der Waals surface area contributed by atoms with Gasteiger partial charge in [0.25, 0.3) is 11.7 Å². The number of amides is 1. The number of anilines is 1. The third-order valence-electron chi connectivity index (χ3n) is 3.66. The molecule has 18 heavy (non-hydrogen) atoms. The first-order valence-corrected chi connectivity index (χ1v) is 6.75. The van der Waals surface area contributed by atoms with Crippen molar-refractivity contribution in [2.24, 2.45) is 0 Å². The fourth-order valence-corrected chi connectivity index (χ4v) is 3.37. The van der Waals surface area contributed by atoms with Gasteiger partial charge in [0.1, 0.15) is 0 Å². The molecule has 1 N–H and O–H groups in total. The number of ketones is 1. The van der Waals surface area contributed by atoms with Crippen molar-refractivity contribution in [3.05, 3.63) is 28.2 Å². The lowest BCUT2D eigenvalue weighted by atomic mass is 10.1. The third kappa shape index (κ3) is 1.54. The van der Waals surface area contributed by atoms with Crippen LogP contribution in [0.3, 0.4) is 0 Å². The molecule has 0 aromatic heterocycles. The van der Waals surface area contributed by atoms with Gasteiger partial charge in [-0.3, -0.25) is 14.5 Å². The Hall–Kier alpha value is -1.20. The second kappa shape index (κ2) is 4.17. The quantitative estimate of drug-likeness (QED) is 0.806. The lowest BCUT2D eigenvalue weighted by Crippen LogP contribution is -2.43. The Labute approximate surface area is 113 Å². The maximum Gasteiger partial charge on any atom is 0.299 e. The van der Waals surface area contributed by atoms with Crippen LogP contribution in [-0.2, 0) is 4.79 Å². The van der Waals surface area contributed by atoms with Crippen LogP contribution in [0.25, 0.3) is 0 Å². The second-order valence-corrected chi connectivity index (χ2v) is 5.56. The highest BCUT2D eigenvalue weighted by Gasteiger charge is 2.44. The summed E-state index contributed by atoms with van der Waals surface area (Å²) in [5.41, 5.74) is 1.03. The summed E-state index contributed by atoms with van der Waals surface area (Å²) < 4.78 is 0.721. The Morgan fingerprint density at radius 2 is 2.06 bits per heavy atom. The molecular weight excluding hydrogens is 298 g/mol. The number of carbonyl (C=O) groups excluding carboxylic acids is 2. The van der Waals surface area contributed by atoms with Crippen LogP contribution in [-0.4, -0.2) is 28.9 Å². The minimum absolute atomic E-state index is 0.276. The van der Waals surface area contributed by atoms with Gasteiger partial charge in [-0.15, -0.1) is 0 Å². The van der Waals surface area contributed by atoms with Crippen molar-refractivity contribution in [1.82, 2.24) is 0 Å². The number of halogens is 1. The maximum absolute atomic E-state index is 12.1. The first-order valence-electron chi connectivity index (χ1n) is 5.95. The van der Waals surface area contributed by atoms with Crippen molar-refractivity contribution in [3.8, 4) is 0 Å². The van der Waals surface area contributed by atoms with Gasteiger partial charge in [-0.05, 0) is 47.3 Å². The van der Waals surface area contributed by atoms with Crippen molar-refractivity contribution in [2.45, 2.75) is 31.4 Å². The zero-order valence-corrected chi connectivity index (χ0v) is 11.2. The Morgan fingerprint density at radius 1 is 1.28 bits per heavy atom. The molecule has 2 aliphatic rings. The van der Waals surface area contributed by atoms with Crippen molar-refractivity contribution in [3.63, 3.8) is 0 Å². The van der Waals surface area contributed by atoms with Gasteiger partial charge in [-0.1, -0.05) is 6.07 Å². The van der Waals surface area contributed by atoms with Crippen LogP contribution in [0.1, 0.15) is 29.6 Å². The van der Waals surface area contributed by atoms with E-state index in [9.17, 15) is 14.7 Å². The van der Waals surface area contributed by atoms with E-state index in [2.05, 4.69) is 15.9 Å². The average molecular weight is 310 g/mol. The van der Waals surface area contributed by atoms with E-state index in [1.165, 1.54) is 4.90 Å². The number of para-hydroxylation sites is 1. The topological polar surface area (TPSA) is 57.6 Å². The molecule has 0 unspecified atom stereocenters. The number of aliphatic hydroxyl groups excluding tert-OH is 1. The maximum atomic E-state index is 12.1. The SMILES string of the molecule is O=C1C(=O)N([C@H]2CCC[C@@H]2O)c2c(Br)cccc21. The monoisotopic (exact) mass is 309 g/mol. The highest BCUT2D eigenvalue weighted by atomic mass is 79.9. The third-order valence-corrected chi connectivity index (χ3v) is 4.30. The summed E-state index contributed by atoms with van der Waals surface area (Å²) in [6, 6.07) is 4.92. The van der Waals surface area contributed by atoms with Gasteiger partial charge < -0.3 is 5.11 Å². The van der Waals surface area contributed by atoms with Crippen LogP contribution < -0.4 is 4.90 Å². The molecule has 2 atom stereocenters. The van der Waals surface area contributed by atoms with Crippen LogP contribution >= 0.6 is 15.9 Å². The van der Waals surface area contributed by atoms with Crippen LogP contribution in [0.5, 0.6) is 0 Å². The van der Waals surface area contributed by atoms with Gasteiger partial charge in [-0.2, -0.15) is 0 Å². The number of fused-ring (bicyclic) bond motifs is 1. The molecule has 0 spiro atoms. The Balaban J connectivity index is 2.12. The smallest absolute Gasteiger partial charge is 0.299 e. The highest BCUT2D eigenvalue weighted by Crippen LogP contribution is 2.40. The average Bonchev–Trinajstić information content (AvgIpc) is 2.86. The van der Waals surface area contributed by atoms with Crippen molar-refractivity contribution >= 4 is 33.3 Å². The standard InChI is InChI=1S/C13H12BrNO3/c14-8-4-1-3-7-11(8)15(13(18)12(7)17)9-5-2-6-10(9)16/h1,3-4,9-10,16H,2,5-6H2/t9-,10-/m0/s1. The van der Waals surface area contributed by atoms with E-state index < -0.39 is 17.8 Å². The molecule has 94 valence electrons. The number of benzene rings is 1. The van der Waals surface area contributed by atoms with E-state index >= 15 is 0 Å². The lowest BCUT2D eigenvalue weighted by molar-refractivity contribution is -0.115. The molecular formula is C13H12BrNO3. The van der Waals surface area contributed by atoms with E-state index in [1.807, 2.05) is 0 Å². The molecule has 1 aliphatic carbocycles. The number of hydrogen-bond acceptors (Lipinski definition) is 3. The zero-order valence-electron chi connectivity index (χ0n) is 9.60. The van der Waals surface area contributed by atoms with Gasteiger partial charge in [0.05, 0.1) is 23.4 Å². The molecule has 1 aromatic rings. The number of hydrogen-bond donors (Lipinski definition) is 1. The number of carbonyl (C=O) groups is 2. The van der Waals surface area contributed by atoms with Gasteiger partial charge in [0.2, 0.25) is 0 Å². The first kappa shape index (κ1) is 11.9. The normalized spacial score (nSPS) is 26.9. The zero-order chi connectivity index (χ0) is 12.9. The number of rotatable bonds is 1. The van der Waals surface area contributed by atoms with E-state index in [-0.39, 0.29) is 6.04 Å². The van der Waals surface area contributed by atoms with Gasteiger partial charge in [0.15, 0.2) is 0 Å². The molecule has 1 heterocycles. The lowest BCUT2D eigenvalue weighted by Gasteiger charge is -2.27.